The third-order valence-corrected chi connectivity index (χ3v) is 3.72. The minimum Gasteiger partial charge on any atom is -0.324 e. The van der Waals surface area contributed by atoms with Crippen molar-refractivity contribution in [2.75, 3.05) is 0 Å². The molecule has 0 atom stereocenters. The molecule has 1 aromatic carbocycles. The summed E-state index contributed by atoms with van der Waals surface area (Å²) in [6.07, 6.45) is 0. The van der Waals surface area contributed by atoms with Crippen LogP contribution in [0.25, 0.3) is 0 Å². The number of nitriles is 1. The summed E-state index contributed by atoms with van der Waals surface area (Å²) in [5, 5.41) is 17.6. The van der Waals surface area contributed by atoms with Gasteiger partial charge >= 0.3 is 0 Å². The van der Waals surface area contributed by atoms with Crippen LogP contribution in [-0.4, -0.2) is 14.8 Å². The smallest absolute Gasteiger partial charge is 0.191 e. The minimum absolute atomic E-state index is 0.313. The second-order valence-electron chi connectivity index (χ2n) is 3.86. The number of hydrogen-bond acceptors (Lipinski definition) is 5. The number of thioether (sulfide) groups is 1. The van der Waals surface area contributed by atoms with E-state index in [4.69, 9.17) is 11.0 Å². The van der Waals surface area contributed by atoms with Gasteiger partial charge in [0.25, 0.3) is 0 Å². The summed E-state index contributed by atoms with van der Waals surface area (Å²) in [7, 11) is 1.82. The van der Waals surface area contributed by atoms with Crippen molar-refractivity contribution >= 4 is 11.8 Å². The molecule has 0 bridgehead atoms. The summed E-state index contributed by atoms with van der Waals surface area (Å²) in [6.45, 7) is 0.313. The van der Waals surface area contributed by atoms with Crippen molar-refractivity contribution in [2.45, 2.75) is 17.5 Å². The third kappa shape index (κ3) is 2.92. The summed E-state index contributed by atoms with van der Waals surface area (Å²) >= 11 is 1.39. The van der Waals surface area contributed by atoms with Crippen LogP contribution in [0.15, 0.2) is 23.4 Å². The summed E-state index contributed by atoms with van der Waals surface area (Å²) in [6, 6.07) is 6.17. The van der Waals surface area contributed by atoms with Crippen LogP contribution in [-0.2, 0) is 19.3 Å². The summed E-state index contributed by atoms with van der Waals surface area (Å²) < 4.78 is 15.0. The fourth-order valence-electron chi connectivity index (χ4n) is 1.58. The van der Waals surface area contributed by atoms with Gasteiger partial charge in [-0.25, -0.2) is 4.39 Å². The molecule has 0 aliphatic carbocycles. The quantitative estimate of drug-likeness (QED) is 0.858. The van der Waals surface area contributed by atoms with Gasteiger partial charge in [0.1, 0.15) is 11.6 Å². The summed E-state index contributed by atoms with van der Waals surface area (Å²) in [5.74, 6) is 0.787. The maximum atomic E-state index is 13.2. The first kappa shape index (κ1) is 13.5. The van der Waals surface area contributed by atoms with Crippen molar-refractivity contribution < 1.29 is 4.39 Å². The highest BCUT2D eigenvalue weighted by atomic mass is 32.2. The normalized spacial score (nSPS) is 10.4. The molecule has 5 nitrogen and oxygen atoms in total. The molecule has 0 amide bonds. The summed E-state index contributed by atoms with van der Waals surface area (Å²) in [5.41, 5.74) is 6.62. The van der Waals surface area contributed by atoms with Gasteiger partial charge in [-0.3, -0.25) is 0 Å². The van der Waals surface area contributed by atoms with Crippen LogP contribution in [0.4, 0.5) is 4.39 Å². The number of nitrogens with zero attached hydrogens (tertiary/aromatic N) is 4. The average molecular weight is 277 g/mol. The Morgan fingerprint density at radius 2 is 2.26 bits per heavy atom. The first-order valence-electron chi connectivity index (χ1n) is 5.55. The zero-order chi connectivity index (χ0) is 13.8. The van der Waals surface area contributed by atoms with Crippen molar-refractivity contribution in [3.63, 3.8) is 0 Å². The molecule has 98 valence electrons. The van der Waals surface area contributed by atoms with Crippen LogP contribution in [0.5, 0.6) is 0 Å². The van der Waals surface area contributed by atoms with Crippen LogP contribution in [0.1, 0.15) is 17.0 Å². The van der Waals surface area contributed by atoms with E-state index >= 15 is 0 Å². The molecule has 0 unspecified atom stereocenters. The van der Waals surface area contributed by atoms with Crippen molar-refractivity contribution in [3.05, 3.63) is 41.0 Å². The number of nitrogens with two attached hydrogens (primary N) is 1. The lowest BCUT2D eigenvalue weighted by Gasteiger charge is -2.04. The van der Waals surface area contributed by atoms with Crippen molar-refractivity contribution in [3.8, 4) is 6.07 Å². The van der Waals surface area contributed by atoms with Gasteiger partial charge in [0.2, 0.25) is 0 Å². The van der Waals surface area contributed by atoms with E-state index in [-0.39, 0.29) is 5.82 Å². The van der Waals surface area contributed by atoms with Crippen molar-refractivity contribution in [1.82, 2.24) is 14.8 Å². The average Bonchev–Trinajstić information content (AvgIpc) is 2.77. The molecular formula is C12H12FN5S. The Morgan fingerprint density at radius 1 is 1.47 bits per heavy atom. The molecule has 0 radical (unpaired) electrons. The van der Waals surface area contributed by atoms with Crippen LogP contribution >= 0.6 is 11.8 Å². The number of hydrogen-bond donors (Lipinski definition) is 1. The molecule has 0 fully saturated rings. The monoisotopic (exact) mass is 277 g/mol. The Balaban J connectivity index is 2.16. The molecule has 0 saturated heterocycles. The van der Waals surface area contributed by atoms with Crippen molar-refractivity contribution in [2.24, 2.45) is 12.8 Å². The maximum absolute atomic E-state index is 13.2. The standard InChI is InChI=1S/C12H12FN5S/c1-18-11(6-15)16-17-12(18)19-7-9-4-10(13)3-2-8(9)5-14/h2-4H,6-7,15H2,1H3. The molecule has 2 rings (SSSR count). The lowest BCUT2D eigenvalue weighted by Crippen LogP contribution is -2.05. The molecular weight excluding hydrogens is 265 g/mol. The summed E-state index contributed by atoms with van der Waals surface area (Å²) in [4.78, 5) is 0. The van der Waals surface area contributed by atoms with Gasteiger partial charge in [-0.05, 0) is 23.8 Å². The molecule has 0 aliphatic rings. The zero-order valence-electron chi connectivity index (χ0n) is 10.3. The van der Waals surface area contributed by atoms with E-state index in [9.17, 15) is 4.39 Å². The van der Waals surface area contributed by atoms with Crippen LogP contribution in [0.3, 0.4) is 0 Å². The van der Waals surface area contributed by atoms with Crippen LogP contribution in [0.2, 0.25) is 0 Å². The Morgan fingerprint density at radius 3 is 2.89 bits per heavy atom. The molecule has 19 heavy (non-hydrogen) atoms. The molecule has 0 saturated carbocycles. The van der Waals surface area contributed by atoms with E-state index in [1.54, 1.807) is 4.57 Å². The van der Waals surface area contributed by atoms with Gasteiger partial charge in [-0.15, -0.1) is 10.2 Å². The van der Waals surface area contributed by atoms with E-state index < -0.39 is 0 Å². The van der Waals surface area contributed by atoms with Crippen LogP contribution in [0, 0.1) is 17.1 Å². The Bertz CT molecular complexity index is 632. The van der Waals surface area contributed by atoms with E-state index in [0.717, 1.165) is 0 Å². The van der Waals surface area contributed by atoms with E-state index in [1.807, 2.05) is 13.1 Å². The number of halogens is 1. The molecule has 1 aromatic heterocycles. The van der Waals surface area contributed by atoms with Gasteiger partial charge in [-0.2, -0.15) is 5.26 Å². The third-order valence-electron chi connectivity index (χ3n) is 2.65. The van der Waals surface area contributed by atoms with E-state index in [0.29, 0.717) is 34.4 Å². The first-order chi connectivity index (χ1) is 9.15. The van der Waals surface area contributed by atoms with Gasteiger partial charge in [0.05, 0.1) is 18.2 Å². The molecule has 7 heteroatoms. The molecule has 2 aromatic rings. The number of rotatable bonds is 4. The van der Waals surface area contributed by atoms with E-state index in [1.165, 1.54) is 30.0 Å². The second kappa shape index (κ2) is 5.82. The molecule has 0 aliphatic heterocycles. The van der Waals surface area contributed by atoms with Gasteiger partial charge in [0.15, 0.2) is 5.16 Å². The van der Waals surface area contributed by atoms with Gasteiger partial charge in [0, 0.05) is 12.8 Å². The van der Waals surface area contributed by atoms with E-state index in [2.05, 4.69) is 10.2 Å². The van der Waals surface area contributed by atoms with Crippen molar-refractivity contribution in [1.29, 1.82) is 5.26 Å². The number of aromatic nitrogens is 3. The lowest BCUT2D eigenvalue weighted by atomic mass is 10.1. The molecule has 2 N–H and O–H groups in total. The largest absolute Gasteiger partial charge is 0.324 e. The molecule has 0 spiro atoms. The highest BCUT2D eigenvalue weighted by Crippen LogP contribution is 2.23. The van der Waals surface area contributed by atoms with Crippen LogP contribution < -0.4 is 5.73 Å². The fraction of sp³-hybridized carbons (Fsp3) is 0.250. The second-order valence-corrected chi connectivity index (χ2v) is 4.81. The topological polar surface area (TPSA) is 80.5 Å². The maximum Gasteiger partial charge on any atom is 0.191 e. The SMILES string of the molecule is Cn1c(CN)nnc1SCc1cc(F)ccc1C#N. The number of benzene rings is 1. The first-order valence-corrected chi connectivity index (χ1v) is 6.54. The Hall–Kier alpha value is -1.91. The Kier molecular flexibility index (Phi) is 4.14. The highest BCUT2D eigenvalue weighted by Gasteiger charge is 2.10. The molecule has 1 heterocycles. The zero-order valence-corrected chi connectivity index (χ0v) is 11.1. The highest BCUT2D eigenvalue weighted by molar-refractivity contribution is 7.98. The van der Waals surface area contributed by atoms with Gasteiger partial charge in [-0.1, -0.05) is 11.8 Å². The predicted octanol–water partition coefficient (Wildman–Crippen LogP) is 1.58. The fourth-order valence-corrected chi connectivity index (χ4v) is 2.50. The van der Waals surface area contributed by atoms with Gasteiger partial charge < -0.3 is 10.3 Å². The minimum atomic E-state index is -0.352. The lowest BCUT2D eigenvalue weighted by molar-refractivity contribution is 0.626. The predicted molar refractivity (Wildman–Crippen MR) is 69.6 cm³/mol. The Labute approximate surface area is 114 Å².